The third-order valence-electron chi connectivity index (χ3n) is 7.61. The number of allylic oxidation sites excluding steroid dienone is 2. The predicted octanol–water partition coefficient (Wildman–Crippen LogP) is 5.22. The first kappa shape index (κ1) is 31.7. The van der Waals surface area contributed by atoms with Crippen LogP contribution in [0.4, 0.5) is 10.5 Å². The van der Waals surface area contributed by atoms with Crippen LogP contribution < -0.4 is 20.4 Å². The second-order valence-corrected chi connectivity index (χ2v) is 11.7. The lowest BCUT2D eigenvalue weighted by molar-refractivity contribution is -0.282. The van der Waals surface area contributed by atoms with E-state index in [2.05, 4.69) is 5.32 Å². The Balaban J connectivity index is 1.39. The summed E-state index contributed by atoms with van der Waals surface area (Å²) in [6.45, 7) is 10.5. The number of carbonyl (C=O) groups excluding carboxylic acids is 3. The maximum Gasteiger partial charge on any atom is 0.509 e. The number of amides is 1. The number of nitrogens with one attached hydrogen (secondary N) is 1. The van der Waals surface area contributed by atoms with Crippen molar-refractivity contribution in [2.75, 3.05) is 12.4 Å². The van der Waals surface area contributed by atoms with Crippen LogP contribution in [0.15, 0.2) is 57.3 Å². The number of aryl methyl sites for hydroxylation is 1. The van der Waals surface area contributed by atoms with Gasteiger partial charge in [0.2, 0.25) is 12.4 Å². The van der Waals surface area contributed by atoms with Crippen molar-refractivity contribution in [2.24, 2.45) is 0 Å². The van der Waals surface area contributed by atoms with Crippen LogP contribution in [0.3, 0.4) is 0 Å². The number of benzene rings is 2. The molecule has 3 unspecified atom stereocenters. The minimum Gasteiger partial charge on any atom is -0.460 e. The number of methoxy groups -OCH3 is 1. The zero-order valence-electron chi connectivity index (χ0n) is 26.0. The Hall–Kier alpha value is -4.68. The molecule has 1 N–H and O–H groups in total. The summed E-state index contributed by atoms with van der Waals surface area (Å²) in [5.74, 6) is -0.332. The number of anilines is 1. The molecule has 0 radical (unpaired) electrons. The van der Waals surface area contributed by atoms with Crippen LogP contribution in [-0.4, -0.2) is 55.3 Å². The van der Waals surface area contributed by atoms with E-state index in [0.29, 0.717) is 34.4 Å². The van der Waals surface area contributed by atoms with E-state index in [9.17, 15) is 19.2 Å². The Morgan fingerprint density at radius 3 is 2.40 bits per heavy atom. The number of carbonyl (C=O) groups is 3. The van der Waals surface area contributed by atoms with E-state index in [1.165, 1.54) is 26.2 Å². The highest BCUT2D eigenvalue weighted by molar-refractivity contribution is 6.05. The molecule has 0 aliphatic carbocycles. The molecule has 3 heterocycles. The van der Waals surface area contributed by atoms with Crippen molar-refractivity contribution in [3.63, 3.8) is 0 Å². The number of fused-ring (bicyclic) bond motifs is 2. The summed E-state index contributed by atoms with van der Waals surface area (Å²) in [6.07, 6.45) is -1.70. The van der Waals surface area contributed by atoms with Gasteiger partial charge in [-0.25, -0.2) is 9.59 Å². The molecule has 238 valence electrons. The van der Waals surface area contributed by atoms with E-state index in [1.54, 1.807) is 45.0 Å². The first-order valence-corrected chi connectivity index (χ1v) is 14.4. The molecule has 1 amide bonds. The molecule has 0 spiro atoms. The SMILES string of the molecule is COC1C2OC(=O)OC2[C@H](Oc2ccc3cc(NC(=O)c4ccc(OC(C)=O)c(CC=C(C)C)c4)c(=O)oc3c2C)OC1(C)C. The van der Waals surface area contributed by atoms with Gasteiger partial charge in [0.25, 0.3) is 5.91 Å². The molecular formula is C33H35NO11. The summed E-state index contributed by atoms with van der Waals surface area (Å²) >= 11 is 0. The molecule has 12 heteroatoms. The maximum atomic E-state index is 13.2. The molecule has 2 aliphatic rings. The molecule has 0 bridgehead atoms. The largest absolute Gasteiger partial charge is 0.509 e. The Morgan fingerprint density at radius 2 is 1.71 bits per heavy atom. The zero-order valence-corrected chi connectivity index (χ0v) is 26.0. The Kier molecular flexibility index (Phi) is 8.72. The minimum absolute atomic E-state index is 0.0590. The molecule has 12 nitrogen and oxygen atoms in total. The number of hydrogen-bond donors (Lipinski definition) is 1. The minimum atomic E-state index is -1.03. The van der Waals surface area contributed by atoms with Crippen LogP contribution in [0.25, 0.3) is 11.0 Å². The fourth-order valence-electron chi connectivity index (χ4n) is 5.46. The molecule has 5 rings (SSSR count). The van der Waals surface area contributed by atoms with Crippen molar-refractivity contribution in [3.05, 3.63) is 75.2 Å². The molecule has 45 heavy (non-hydrogen) atoms. The molecule has 2 saturated heterocycles. The van der Waals surface area contributed by atoms with E-state index in [4.69, 9.17) is 32.8 Å². The second-order valence-electron chi connectivity index (χ2n) is 11.7. The Bertz CT molecular complexity index is 1750. The monoisotopic (exact) mass is 621 g/mol. The molecule has 2 aliphatic heterocycles. The molecule has 3 aromatic rings. The average molecular weight is 622 g/mol. The third-order valence-corrected chi connectivity index (χ3v) is 7.61. The fraction of sp³-hybridized carbons (Fsp3) is 0.394. The van der Waals surface area contributed by atoms with Gasteiger partial charge in [-0.1, -0.05) is 11.6 Å². The van der Waals surface area contributed by atoms with Crippen molar-refractivity contribution >= 4 is 34.7 Å². The van der Waals surface area contributed by atoms with Gasteiger partial charge in [0.1, 0.15) is 28.9 Å². The van der Waals surface area contributed by atoms with Gasteiger partial charge in [0.05, 0.1) is 5.60 Å². The first-order valence-electron chi connectivity index (χ1n) is 14.4. The van der Waals surface area contributed by atoms with E-state index < -0.39 is 53.9 Å². The Morgan fingerprint density at radius 1 is 1.00 bits per heavy atom. The molecule has 2 aromatic carbocycles. The smallest absolute Gasteiger partial charge is 0.460 e. The van der Waals surface area contributed by atoms with Gasteiger partial charge in [-0.05, 0) is 83.0 Å². The first-order chi connectivity index (χ1) is 21.3. The van der Waals surface area contributed by atoms with Crippen molar-refractivity contribution < 1.29 is 47.2 Å². The summed E-state index contributed by atoms with van der Waals surface area (Å²) in [5, 5.41) is 3.15. The van der Waals surface area contributed by atoms with E-state index in [-0.39, 0.29) is 16.8 Å². The second kappa shape index (κ2) is 12.4. The lowest BCUT2D eigenvalue weighted by Crippen LogP contribution is -2.62. The summed E-state index contributed by atoms with van der Waals surface area (Å²) in [4.78, 5) is 49.7. The number of esters is 1. The highest BCUT2D eigenvalue weighted by Crippen LogP contribution is 2.39. The standard InChI is InChI=1S/C33H35NO11/c1-16(2)8-9-19-14-21(11-13-24(19)40-18(4)35)29(36)34-22-15-20-10-12-23(17(3)25(20)42-30(22)37)41-31-27-26(43-32(38)44-27)28(39-7)33(5,6)45-31/h8,10-15,26-28,31H,9H2,1-7H3,(H,34,36)/t26?,27?,28?,31-/m1/s1. The van der Waals surface area contributed by atoms with Crippen molar-refractivity contribution in [2.45, 2.75) is 78.2 Å². The van der Waals surface area contributed by atoms with Crippen LogP contribution >= 0.6 is 0 Å². The average Bonchev–Trinajstić information content (AvgIpc) is 3.35. The van der Waals surface area contributed by atoms with Crippen LogP contribution in [0.2, 0.25) is 0 Å². The maximum absolute atomic E-state index is 13.2. The van der Waals surface area contributed by atoms with Crippen molar-refractivity contribution in [1.29, 1.82) is 0 Å². The lowest BCUT2D eigenvalue weighted by atomic mass is 9.89. The number of hydrogen-bond acceptors (Lipinski definition) is 11. The van der Waals surface area contributed by atoms with E-state index in [1.807, 2.05) is 19.9 Å². The molecule has 0 saturated carbocycles. The molecular weight excluding hydrogens is 586 g/mol. The summed E-state index contributed by atoms with van der Waals surface area (Å²) in [7, 11) is 1.50. The third kappa shape index (κ3) is 6.57. The quantitative estimate of drug-likeness (QED) is 0.153. The number of ether oxygens (including phenoxy) is 6. The van der Waals surface area contributed by atoms with Gasteiger partial charge >= 0.3 is 17.8 Å². The van der Waals surface area contributed by atoms with Crippen LogP contribution in [0.5, 0.6) is 11.5 Å². The van der Waals surface area contributed by atoms with Gasteiger partial charge in [-0.2, -0.15) is 0 Å². The number of rotatable bonds is 8. The summed E-state index contributed by atoms with van der Waals surface area (Å²) in [6, 6.07) is 9.52. The van der Waals surface area contributed by atoms with Crippen molar-refractivity contribution in [1.82, 2.24) is 0 Å². The van der Waals surface area contributed by atoms with E-state index >= 15 is 0 Å². The molecule has 4 atom stereocenters. The van der Waals surface area contributed by atoms with Gasteiger partial charge < -0.3 is 38.2 Å². The van der Waals surface area contributed by atoms with Crippen LogP contribution in [0, 0.1) is 6.92 Å². The Labute approximate surface area is 259 Å². The normalized spacial score (nSPS) is 21.7. The zero-order chi connectivity index (χ0) is 32.6. The lowest BCUT2D eigenvalue weighted by Gasteiger charge is -2.45. The highest BCUT2D eigenvalue weighted by atomic mass is 16.8. The summed E-state index contributed by atoms with van der Waals surface area (Å²) < 4.78 is 39.4. The highest BCUT2D eigenvalue weighted by Gasteiger charge is 2.59. The van der Waals surface area contributed by atoms with Crippen LogP contribution in [0.1, 0.15) is 56.1 Å². The van der Waals surface area contributed by atoms with Gasteiger partial charge in [0, 0.05) is 30.5 Å². The molecule has 1 aromatic heterocycles. The van der Waals surface area contributed by atoms with E-state index in [0.717, 1.165) is 5.57 Å². The predicted molar refractivity (Wildman–Crippen MR) is 162 cm³/mol. The summed E-state index contributed by atoms with van der Waals surface area (Å²) in [5.41, 5.74) is 0.989. The van der Waals surface area contributed by atoms with Gasteiger partial charge in [-0.3, -0.25) is 9.59 Å². The topological polar surface area (TPSA) is 149 Å². The van der Waals surface area contributed by atoms with Gasteiger partial charge in [-0.15, -0.1) is 0 Å². The van der Waals surface area contributed by atoms with Crippen molar-refractivity contribution in [3.8, 4) is 11.5 Å². The fourth-order valence-corrected chi connectivity index (χ4v) is 5.46. The van der Waals surface area contributed by atoms with Crippen LogP contribution in [-0.2, 0) is 30.2 Å². The molecule has 2 fully saturated rings. The van der Waals surface area contributed by atoms with Gasteiger partial charge in [0.15, 0.2) is 6.10 Å².